The van der Waals surface area contributed by atoms with Crippen LogP contribution >= 0.6 is 11.3 Å². The van der Waals surface area contributed by atoms with Crippen LogP contribution in [0.2, 0.25) is 0 Å². The van der Waals surface area contributed by atoms with Crippen molar-refractivity contribution in [1.29, 1.82) is 0 Å². The van der Waals surface area contributed by atoms with E-state index in [1.165, 1.54) is 28.8 Å². The lowest BCUT2D eigenvalue weighted by Crippen LogP contribution is -2.41. The van der Waals surface area contributed by atoms with Crippen molar-refractivity contribution in [2.75, 3.05) is 18.4 Å². The quantitative estimate of drug-likeness (QED) is 0.853. The number of hydrogen-bond acceptors (Lipinski definition) is 3. The molecular weight excluding hydrogens is 328 g/mol. The monoisotopic (exact) mass is 354 g/mol. The Hall–Kier alpha value is -1.65. The maximum atomic E-state index is 12.8. The second-order valence-corrected chi connectivity index (χ2v) is 8.31. The molecule has 1 saturated carbocycles. The van der Waals surface area contributed by atoms with E-state index in [0.29, 0.717) is 12.6 Å². The van der Waals surface area contributed by atoms with Crippen LogP contribution < -0.4 is 5.32 Å². The number of anilines is 1. The van der Waals surface area contributed by atoms with Gasteiger partial charge < -0.3 is 5.32 Å². The van der Waals surface area contributed by atoms with Crippen molar-refractivity contribution >= 4 is 22.9 Å². The molecule has 0 bridgehead atoms. The predicted molar refractivity (Wildman–Crippen MR) is 104 cm³/mol. The number of hydrogen-bond donors (Lipinski definition) is 1. The number of benzene rings is 1. The zero-order chi connectivity index (χ0) is 17.4. The molecule has 1 aromatic heterocycles. The third-order valence-electron chi connectivity index (χ3n) is 5.54. The van der Waals surface area contributed by atoms with Crippen molar-refractivity contribution in [1.82, 2.24) is 4.90 Å². The van der Waals surface area contributed by atoms with Crippen LogP contribution in [0.15, 0.2) is 29.6 Å². The second-order valence-electron chi connectivity index (χ2n) is 7.31. The summed E-state index contributed by atoms with van der Waals surface area (Å²) in [5.74, 6) is 0.861. The van der Waals surface area contributed by atoms with Crippen LogP contribution in [0, 0.1) is 12.8 Å². The summed E-state index contributed by atoms with van der Waals surface area (Å²) < 4.78 is 0. The van der Waals surface area contributed by atoms with Gasteiger partial charge in [-0.3, -0.25) is 9.69 Å². The number of nitrogens with one attached hydrogen (secondary N) is 1. The lowest BCUT2D eigenvalue weighted by atomic mass is 9.96. The number of carbonyl (C=O) groups excluding carboxylic acids is 1. The second kappa shape index (κ2) is 6.93. The predicted octanol–water partition coefficient (Wildman–Crippen LogP) is 4.57. The van der Waals surface area contributed by atoms with Crippen molar-refractivity contribution in [3.8, 4) is 0 Å². The first-order chi connectivity index (χ1) is 12.2. The Balaban J connectivity index is 1.50. The molecule has 2 aromatic rings. The Bertz CT molecular complexity index is 778. The summed E-state index contributed by atoms with van der Waals surface area (Å²) >= 11 is 1.88. The molecule has 1 N–H and O–H groups in total. The topological polar surface area (TPSA) is 32.3 Å². The first-order valence-corrected chi connectivity index (χ1v) is 10.2. The number of nitrogens with zero attached hydrogens (tertiary/aromatic N) is 1. The summed E-state index contributed by atoms with van der Waals surface area (Å²) in [6, 6.07) is 8.97. The Morgan fingerprint density at radius 2 is 2.16 bits per heavy atom. The molecule has 1 aliphatic carbocycles. The molecule has 1 aromatic carbocycles. The number of rotatable bonds is 5. The fraction of sp³-hybridized carbons (Fsp3) is 0.476. The van der Waals surface area contributed by atoms with Gasteiger partial charge in [0.2, 0.25) is 5.91 Å². The summed E-state index contributed by atoms with van der Waals surface area (Å²) in [4.78, 5) is 16.7. The van der Waals surface area contributed by atoms with Gasteiger partial charge in [-0.15, -0.1) is 11.3 Å². The highest BCUT2D eigenvalue weighted by Crippen LogP contribution is 2.48. The van der Waals surface area contributed by atoms with Gasteiger partial charge in [0, 0.05) is 23.2 Å². The van der Waals surface area contributed by atoms with Crippen LogP contribution in [0.1, 0.15) is 47.4 Å². The third-order valence-corrected chi connectivity index (χ3v) is 6.53. The molecule has 3 nitrogen and oxygen atoms in total. The Labute approximate surface area is 154 Å². The van der Waals surface area contributed by atoms with Gasteiger partial charge in [0.05, 0.1) is 6.54 Å². The molecule has 1 aliphatic heterocycles. The molecule has 1 fully saturated rings. The molecule has 0 unspecified atom stereocenters. The standard InChI is InChI=1S/C21H26N2OS/c1-3-15-6-4-5-14(2)20(15)22-19(24)13-23-11-9-18-17(10-12-25-18)21(23)16-7-8-16/h4-6,10,12,16,21H,3,7-9,11,13H2,1-2H3,(H,22,24)/t21-/m0/s1. The largest absolute Gasteiger partial charge is 0.324 e. The number of aryl methyl sites for hydroxylation is 2. The molecule has 1 atom stereocenters. The van der Waals surface area contributed by atoms with Crippen LogP contribution in [0.4, 0.5) is 5.69 Å². The molecule has 25 heavy (non-hydrogen) atoms. The molecule has 132 valence electrons. The van der Waals surface area contributed by atoms with Crippen molar-refractivity contribution in [3.63, 3.8) is 0 Å². The van der Waals surface area contributed by atoms with E-state index in [1.807, 2.05) is 11.3 Å². The van der Waals surface area contributed by atoms with Crippen molar-refractivity contribution in [2.45, 2.75) is 45.6 Å². The smallest absolute Gasteiger partial charge is 0.238 e. The van der Waals surface area contributed by atoms with Gasteiger partial charge >= 0.3 is 0 Å². The highest BCUT2D eigenvalue weighted by molar-refractivity contribution is 7.10. The van der Waals surface area contributed by atoms with Crippen LogP contribution in [0.5, 0.6) is 0 Å². The van der Waals surface area contributed by atoms with Crippen LogP contribution in [0.3, 0.4) is 0 Å². The molecule has 4 heteroatoms. The van der Waals surface area contributed by atoms with E-state index in [0.717, 1.165) is 36.6 Å². The van der Waals surface area contributed by atoms with E-state index in [1.54, 1.807) is 0 Å². The molecule has 1 amide bonds. The Kier molecular flexibility index (Phi) is 4.65. The maximum absolute atomic E-state index is 12.8. The minimum Gasteiger partial charge on any atom is -0.324 e. The lowest BCUT2D eigenvalue weighted by Gasteiger charge is -2.35. The van der Waals surface area contributed by atoms with Gasteiger partial charge in [0.15, 0.2) is 0 Å². The van der Waals surface area contributed by atoms with E-state index in [4.69, 9.17) is 0 Å². The highest BCUT2D eigenvalue weighted by Gasteiger charge is 2.40. The molecule has 4 rings (SSSR count). The van der Waals surface area contributed by atoms with Crippen LogP contribution in [-0.2, 0) is 17.6 Å². The number of thiophene rings is 1. The Morgan fingerprint density at radius 3 is 2.92 bits per heavy atom. The maximum Gasteiger partial charge on any atom is 0.238 e. The van der Waals surface area contributed by atoms with Gasteiger partial charge in [-0.25, -0.2) is 0 Å². The fourth-order valence-electron chi connectivity index (χ4n) is 4.11. The average Bonchev–Trinajstić information content (AvgIpc) is 3.32. The lowest BCUT2D eigenvalue weighted by molar-refractivity contribution is -0.118. The number of fused-ring (bicyclic) bond motifs is 1. The minimum atomic E-state index is 0.119. The van der Waals surface area contributed by atoms with Gasteiger partial charge in [-0.1, -0.05) is 25.1 Å². The molecule has 2 heterocycles. The van der Waals surface area contributed by atoms with E-state index in [2.05, 4.69) is 53.7 Å². The Morgan fingerprint density at radius 1 is 1.32 bits per heavy atom. The number of amides is 1. The van der Waals surface area contributed by atoms with Gasteiger partial charge in [0.25, 0.3) is 0 Å². The molecule has 0 spiro atoms. The molecule has 0 radical (unpaired) electrons. The van der Waals surface area contributed by atoms with Gasteiger partial charge in [-0.05, 0) is 66.7 Å². The summed E-state index contributed by atoms with van der Waals surface area (Å²) in [5, 5.41) is 5.41. The summed E-state index contributed by atoms with van der Waals surface area (Å²) in [6.45, 7) is 5.70. The van der Waals surface area contributed by atoms with Crippen molar-refractivity contribution < 1.29 is 4.79 Å². The molecule has 0 saturated heterocycles. The first kappa shape index (κ1) is 16.8. The van der Waals surface area contributed by atoms with Crippen LogP contribution in [0.25, 0.3) is 0 Å². The van der Waals surface area contributed by atoms with Crippen LogP contribution in [-0.4, -0.2) is 23.9 Å². The van der Waals surface area contributed by atoms with E-state index >= 15 is 0 Å². The van der Waals surface area contributed by atoms with E-state index in [9.17, 15) is 4.79 Å². The van der Waals surface area contributed by atoms with Gasteiger partial charge in [-0.2, -0.15) is 0 Å². The average molecular weight is 355 g/mol. The third kappa shape index (κ3) is 3.38. The van der Waals surface area contributed by atoms with Crippen molar-refractivity contribution in [2.24, 2.45) is 5.92 Å². The fourth-order valence-corrected chi connectivity index (χ4v) is 5.02. The van der Waals surface area contributed by atoms with Crippen molar-refractivity contribution in [3.05, 3.63) is 51.2 Å². The van der Waals surface area contributed by atoms with Gasteiger partial charge in [0.1, 0.15) is 0 Å². The first-order valence-electron chi connectivity index (χ1n) is 9.36. The zero-order valence-corrected chi connectivity index (χ0v) is 15.9. The highest BCUT2D eigenvalue weighted by atomic mass is 32.1. The summed E-state index contributed by atoms with van der Waals surface area (Å²) in [5.41, 5.74) is 4.85. The summed E-state index contributed by atoms with van der Waals surface area (Å²) in [7, 11) is 0. The SMILES string of the molecule is CCc1cccc(C)c1NC(=O)CN1CCc2sccc2[C@@H]1C1CC1. The minimum absolute atomic E-state index is 0.119. The van der Waals surface area contributed by atoms with E-state index < -0.39 is 0 Å². The number of para-hydroxylation sites is 1. The number of carbonyl (C=O) groups is 1. The summed E-state index contributed by atoms with van der Waals surface area (Å²) in [6.07, 6.45) is 4.61. The zero-order valence-electron chi connectivity index (χ0n) is 15.0. The molecular formula is C21H26N2OS. The molecule has 2 aliphatic rings. The normalized spacial score (nSPS) is 20.3. The van der Waals surface area contributed by atoms with E-state index in [-0.39, 0.29) is 5.91 Å².